The van der Waals surface area contributed by atoms with Crippen molar-refractivity contribution in [2.45, 2.75) is 26.1 Å². The highest BCUT2D eigenvalue weighted by Gasteiger charge is 2.36. The Morgan fingerprint density at radius 2 is 1.96 bits per heavy atom. The number of fused-ring (bicyclic) bond motifs is 1. The van der Waals surface area contributed by atoms with Crippen LogP contribution in [0.4, 0.5) is 5.69 Å². The van der Waals surface area contributed by atoms with E-state index in [-0.39, 0.29) is 12.5 Å². The van der Waals surface area contributed by atoms with E-state index >= 15 is 0 Å². The summed E-state index contributed by atoms with van der Waals surface area (Å²) >= 11 is 0. The molecule has 1 heterocycles. The minimum Gasteiger partial charge on any atom is -0.481 e. The lowest BCUT2D eigenvalue weighted by Crippen LogP contribution is -2.51. The predicted octanol–water partition coefficient (Wildman–Crippen LogP) is 2.73. The Kier molecular flexibility index (Phi) is 5.11. The second-order valence-electron chi connectivity index (χ2n) is 6.12. The van der Waals surface area contributed by atoms with Crippen LogP contribution in [0.3, 0.4) is 0 Å². The van der Waals surface area contributed by atoms with Crippen molar-refractivity contribution in [2.24, 2.45) is 0 Å². The van der Waals surface area contributed by atoms with E-state index in [2.05, 4.69) is 0 Å². The Bertz CT molecular complexity index is 819. The Morgan fingerprint density at radius 1 is 1.19 bits per heavy atom. The van der Waals surface area contributed by atoms with Gasteiger partial charge in [-0.3, -0.25) is 4.79 Å². The molecule has 26 heavy (non-hydrogen) atoms. The Balaban J connectivity index is 1.83. The van der Waals surface area contributed by atoms with E-state index in [1.807, 2.05) is 31.2 Å². The molecule has 0 fully saturated rings. The molecule has 3 rings (SSSR count). The number of amides is 1. The van der Waals surface area contributed by atoms with Gasteiger partial charge in [0.25, 0.3) is 5.91 Å². The molecule has 0 aromatic heterocycles. The third-order valence-corrected chi connectivity index (χ3v) is 4.15. The van der Waals surface area contributed by atoms with E-state index in [0.29, 0.717) is 17.2 Å². The number of methoxy groups -OCH3 is 1. The normalized spacial score (nSPS) is 16.9. The molecule has 6 heteroatoms. The van der Waals surface area contributed by atoms with E-state index in [1.165, 1.54) is 12.0 Å². The van der Waals surface area contributed by atoms with Gasteiger partial charge in [0.2, 0.25) is 6.10 Å². The van der Waals surface area contributed by atoms with Crippen LogP contribution in [-0.4, -0.2) is 37.7 Å². The Morgan fingerprint density at radius 3 is 2.69 bits per heavy atom. The number of carbonyl (C=O) groups is 2. The molecule has 0 spiro atoms. The summed E-state index contributed by atoms with van der Waals surface area (Å²) in [7, 11) is 1.29. The maximum absolute atomic E-state index is 13.0. The van der Waals surface area contributed by atoms with E-state index in [0.717, 1.165) is 5.56 Å². The summed E-state index contributed by atoms with van der Waals surface area (Å²) in [6.45, 7) is 3.72. The van der Waals surface area contributed by atoms with Gasteiger partial charge in [-0.2, -0.15) is 0 Å². The minimum absolute atomic E-state index is 0.0734. The van der Waals surface area contributed by atoms with Crippen LogP contribution in [0.5, 0.6) is 11.5 Å². The topological polar surface area (TPSA) is 65.1 Å². The number of esters is 1. The molecule has 6 nitrogen and oxygen atoms in total. The van der Waals surface area contributed by atoms with Crippen LogP contribution < -0.4 is 14.4 Å². The van der Waals surface area contributed by atoms with Crippen molar-refractivity contribution >= 4 is 17.6 Å². The fraction of sp³-hybridized carbons (Fsp3) is 0.300. The standard InChI is InChI=1S/C20H21NO5/c1-13-7-6-8-15(11-13)25-14(2)19(22)21-12-18(20(23)24-3)26-17-10-5-4-9-16(17)21/h4-11,14,18H,12H2,1-3H3/t14-,18+/m0/s1. The van der Waals surface area contributed by atoms with Crippen LogP contribution in [0, 0.1) is 6.92 Å². The van der Waals surface area contributed by atoms with Crippen LogP contribution in [0.25, 0.3) is 0 Å². The monoisotopic (exact) mass is 355 g/mol. The summed E-state index contributed by atoms with van der Waals surface area (Å²) in [5, 5.41) is 0. The quantitative estimate of drug-likeness (QED) is 0.789. The molecule has 2 atom stereocenters. The maximum atomic E-state index is 13.0. The van der Waals surface area contributed by atoms with Gasteiger partial charge in [0.15, 0.2) is 6.10 Å². The number of benzene rings is 2. The van der Waals surface area contributed by atoms with Crippen LogP contribution >= 0.6 is 0 Å². The molecular weight excluding hydrogens is 334 g/mol. The smallest absolute Gasteiger partial charge is 0.348 e. The molecule has 0 N–H and O–H groups in total. The SMILES string of the molecule is COC(=O)[C@H]1CN(C(=O)[C@H](C)Oc2cccc(C)c2)c2ccccc2O1. The highest BCUT2D eigenvalue weighted by atomic mass is 16.6. The van der Waals surface area contributed by atoms with Crippen molar-refractivity contribution in [2.75, 3.05) is 18.6 Å². The lowest BCUT2D eigenvalue weighted by Gasteiger charge is -2.34. The summed E-state index contributed by atoms with van der Waals surface area (Å²) in [5.74, 6) is 0.308. The third-order valence-electron chi connectivity index (χ3n) is 4.15. The molecule has 1 aliphatic rings. The van der Waals surface area contributed by atoms with Crippen molar-refractivity contribution in [3.05, 3.63) is 54.1 Å². The first-order valence-electron chi connectivity index (χ1n) is 8.38. The molecular formula is C20H21NO5. The number of anilines is 1. The Hall–Kier alpha value is -3.02. The minimum atomic E-state index is -0.870. The highest BCUT2D eigenvalue weighted by molar-refractivity contribution is 5.99. The summed E-state index contributed by atoms with van der Waals surface area (Å²) < 4.78 is 16.2. The maximum Gasteiger partial charge on any atom is 0.348 e. The van der Waals surface area contributed by atoms with Gasteiger partial charge in [0.1, 0.15) is 11.5 Å². The van der Waals surface area contributed by atoms with Gasteiger partial charge < -0.3 is 19.1 Å². The summed E-state index contributed by atoms with van der Waals surface area (Å²) in [5.41, 5.74) is 1.65. The lowest BCUT2D eigenvalue weighted by molar-refractivity contribution is -0.148. The summed E-state index contributed by atoms with van der Waals surface area (Å²) in [6, 6.07) is 14.6. The largest absolute Gasteiger partial charge is 0.481 e. The van der Waals surface area contributed by atoms with Crippen molar-refractivity contribution < 1.29 is 23.8 Å². The number of para-hydroxylation sites is 2. The molecule has 0 aliphatic carbocycles. The molecule has 1 amide bonds. The molecule has 2 aromatic rings. The van der Waals surface area contributed by atoms with Crippen LogP contribution in [0.2, 0.25) is 0 Å². The predicted molar refractivity (Wildman–Crippen MR) is 96.5 cm³/mol. The van der Waals surface area contributed by atoms with Gasteiger partial charge in [-0.1, -0.05) is 24.3 Å². The second kappa shape index (κ2) is 7.47. The molecule has 0 saturated carbocycles. The average Bonchev–Trinajstić information content (AvgIpc) is 2.65. The van der Waals surface area contributed by atoms with Crippen molar-refractivity contribution in [3.63, 3.8) is 0 Å². The summed E-state index contributed by atoms with van der Waals surface area (Å²) in [4.78, 5) is 26.4. The third kappa shape index (κ3) is 3.64. The van der Waals surface area contributed by atoms with Gasteiger partial charge in [0, 0.05) is 0 Å². The van der Waals surface area contributed by atoms with Crippen LogP contribution in [-0.2, 0) is 14.3 Å². The molecule has 0 unspecified atom stereocenters. The van der Waals surface area contributed by atoms with Crippen molar-refractivity contribution in [1.29, 1.82) is 0 Å². The van der Waals surface area contributed by atoms with Crippen molar-refractivity contribution in [1.82, 2.24) is 0 Å². The highest BCUT2D eigenvalue weighted by Crippen LogP contribution is 2.34. The number of carbonyl (C=O) groups excluding carboxylic acids is 2. The first kappa shape index (κ1) is 17.8. The van der Waals surface area contributed by atoms with E-state index in [1.54, 1.807) is 31.2 Å². The number of ether oxygens (including phenoxy) is 3. The zero-order valence-electron chi connectivity index (χ0n) is 15.0. The van der Waals surface area contributed by atoms with Gasteiger partial charge in [-0.25, -0.2) is 4.79 Å². The van der Waals surface area contributed by atoms with Gasteiger partial charge in [-0.05, 0) is 43.7 Å². The molecule has 0 bridgehead atoms. The van der Waals surface area contributed by atoms with E-state index < -0.39 is 18.2 Å². The van der Waals surface area contributed by atoms with E-state index in [9.17, 15) is 9.59 Å². The number of nitrogens with zero attached hydrogens (tertiary/aromatic N) is 1. The number of hydrogen-bond acceptors (Lipinski definition) is 5. The van der Waals surface area contributed by atoms with Gasteiger partial charge in [0.05, 0.1) is 19.3 Å². The second-order valence-corrected chi connectivity index (χ2v) is 6.12. The summed E-state index contributed by atoms with van der Waals surface area (Å²) in [6.07, 6.45) is -1.59. The van der Waals surface area contributed by atoms with Gasteiger partial charge >= 0.3 is 5.97 Å². The first-order valence-corrected chi connectivity index (χ1v) is 8.38. The van der Waals surface area contributed by atoms with Crippen molar-refractivity contribution in [3.8, 4) is 11.5 Å². The Labute approximate surface area is 152 Å². The number of hydrogen-bond donors (Lipinski definition) is 0. The average molecular weight is 355 g/mol. The first-order chi connectivity index (χ1) is 12.5. The number of aryl methyl sites for hydroxylation is 1. The van der Waals surface area contributed by atoms with E-state index in [4.69, 9.17) is 14.2 Å². The molecule has 1 aliphatic heterocycles. The zero-order valence-corrected chi connectivity index (χ0v) is 15.0. The van der Waals surface area contributed by atoms with Crippen LogP contribution in [0.1, 0.15) is 12.5 Å². The molecule has 0 radical (unpaired) electrons. The molecule has 136 valence electrons. The lowest BCUT2D eigenvalue weighted by atomic mass is 10.1. The fourth-order valence-electron chi connectivity index (χ4n) is 2.86. The fourth-order valence-corrected chi connectivity index (χ4v) is 2.86. The molecule has 2 aromatic carbocycles. The molecule has 0 saturated heterocycles. The van der Waals surface area contributed by atoms with Crippen LogP contribution in [0.15, 0.2) is 48.5 Å². The van der Waals surface area contributed by atoms with Gasteiger partial charge in [-0.15, -0.1) is 0 Å². The number of rotatable bonds is 4. The zero-order chi connectivity index (χ0) is 18.7.